The standard InChI is InChI=1S/C13H16O3S/c1-2-9-17-10-8-12(16-13(14)15)11-6-4-3-5-7-11/h2-7,12H,1,8-10H2,(H,14,15). The Kier molecular flexibility index (Phi) is 6.25. The Morgan fingerprint density at radius 3 is 2.76 bits per heavy atom. The molecule has 92 valence electrons. The highest BCUT2D eigenvalue weighted by Crippen LogP contribution is 2.23. The van der Waals surface area contributed by atoms with E-state index in [0.29, 0.717) is 6.42 Å². The first-order chi connectivity index (χ1) is 8.24. The second kappa shape index (κ2) is 7.79. The molecule has 0 spiro atoms. The van der Waals surface area contributed by atoms with E-state index in [1.165, 1.54) is 0 Å². The molecule has 1 aromatic rings. The van der Waals surface area contributed by atoms with Crippen molar-refractivity contribution in [3.63, 3.8) is 0 Å². The minimum Gasteiger partial charge on any atom is -0.450 e. The van der Waals surface area contributed by atoms with Gasteiger partial charge in [-0.05, 0) is 17.7 Å². The first-order valence-electron chi connectivity index (χ1n) is 5.37. The molecule has 3 nitrogen and oxygen atoms in total. The van der Waals surface area contributed by atoms with E-state index in [9.17, 15) is 4.79 Å². The molecule has 0 saturated carbocycles. The Morgan fingerprint density at radius 1 is 1.47 bits per heavy atom. The fourth-order valence-corrected chi connectivity index (χ4v) is 2.15. The molecule has 1 unspecified atom stereocenters. The third kappa shape index (κ3) is 5.45. The summed E-state index contributed by atoms with van der Waals surface area (Å²) < 4.78 is 4.89. The Labute approximate surface area is 105 Å². The Morgan fingerprint density at radius 2 is 2.18 bits per heavy atom. The molecule has 0 aliphatic carbocycles. The van der Waals surface area contributed by atoms with Gasteiger partial charge in [-0.3, -0.25) is 0 Å². The molecule has 1 N–H and O–H groups in total. The molecule has 0 aliphatic rings. The number of carboxylic acid groups (broad SMARTS) is 1. The van der Waals surface area contributed by atoms with Gasteiger partial charge in [-0.25, -0.2) is 4.79 Å². The molecule has 0 aliphatic heterocycles. The van der Waals surface area contributed by atoms with Crippen LogP contribution in [0.25, 0.3) is 0 Å². The molecule has 17 heavy (non-hydrogen) atoms. The van der Waals surface area contributed by atoms with Crippen LogP contribution >= 0.6 is 11.8 Å². The van der Waals surface area contributed by atoms with Crippen LogP contribution in [0.3, 0.4) is 0 Å². The van der Waals surface area contributed by atoms with Gasteiger partial charge in [-0.15, -0.1) is 6.58 Å². The van der Waals surface area contributed by atoms with E-state index in [2.05, 4.69) is 6.58 Å². The summed E-state index contributed by atoms with van der Waals surface area (Å²) in [5, 5.41) is 8.70. The monoisotopic (exact) mass is 252 g/mol. The van der Waals surface area contributed by atoms with E-state index in [1.54, 1.807) is 11.8 Å². The van der Waals surface area contributed by atoms with Crippen molar-refractivity contribution in [1.29, 1.82) is 0 Å². The normalized spacial score (nSPS) is 11.8. The van der Waals surface area contributed by atoms with Crippen molar-refractivity contribution in [2.75, 3.05) is 11.5 Å². The van der Waals surface area contributed by atoms with E-state index in [-0.39, 0.29) is 6.10 Å². The number of rotatable bonds is 7. The lowest BCUT2D eigenvalue weighted by Gasteiger charge is -2.15. The van der Waals surface area contributed by atoms with Crippen molar-refractivity contribution in [2.45, 2.75) is 12.5 Å². The van der Waals surface area contributed by atoms with Crippen molar-refractivity contribution < 1.29 is 14.6 Å². The SMILES string of the molecule is C=CCSCCC(OC(=O)O)c1ccccc1. The summed E-state index contributed by atoms with van der Waals surface area (Å²) >= 11 is 1.71. The maximum absolute atomic E-state index is 10.6. The van der Waals surface area contributed by atoms with Gasteiger partial charge >= 0.3 is 6.16 Å². The molecule has 0 heterocycles. The van der Waals surface area contributed by atoms with Gasteiger partial charge in [0.25, 0.3) is 0 Å². The highest BCUT2D eigenvalue weighted by atomic mass is 32.2. The van der Waals surface area contributed by atoms with Gasteiger partial charge in [0.15, 0.2) is 0 Å². The van der Waals surface area contributed by atoms with Gasteiger partial charge < -0.3 is 9.84 Å². The maximum atomic E-state index is 10.6. The number of ether oxygens (including phenoxy) is 1. The fourth-order valence-electron chi connectivity index (χ4n) is 1.44. The minimum atomic E-state index is -1.23. The van der Waals surface area contributed by atoms with Crippen molar-refractivity contribution in [3.05, 3.63) is 48.6 Å². The van der Waals surface area contributed by atoms with Crippen LogP contribution in [-0.4, -0.2) is 22.8 Å². The number of carbonyl (C=O) groups is 1. The van der Waals surface area contributed by atoms with Crippen LogP contribution in [0.15, 0.2) is 43.0 Å². The van der Waals surface area contributed by atoms with Gasteiger partial charge in [0.1, 0.15) is 6.10 Å². The Balaban J connectivity index is 2.55. The van der Waals surface area contributed by atoms with Crippen molar-refractivity contribution in [3.8, 4) is 0 Å². The van der Waals surface area contributed by atoms with Gasteiger partial charge in [-0.1, -0.05) is 36.4 Å². The second-order valence-corrected chi connectivity index (χ2v) is 4.59. The second-order valence-electron chi connectivity index (χ2n) is 3.44. The molecule has 0 fully saturated rings. The van der Waals surface area contributed by atoms with Crippen molar-refractivity contribution in [2.24, 2.45) is 0 Å². The zero-order chi connectivity index (χ0) is 12.5. The summed E-state index contributed by atoms with van der Waals surface area (Å²) in [5.74, 6) is 1.72. The third-order valence-electron chi connectivity index (χ3n) is 2.17. The molecular formula is C13H16O3S. The quantitative estimate of drug-likeness (QED) is 0.456. The van der Waals surface area contributed by atoms with Gasteiger partial charge in [0.2, 0.25) is 0 Å². The number of thioether (sulfide) groups is 1. The van der Waals surface area contributed by atoms with Crippen molar-refractivity contribution in [1.82, 2.24) is 0 Å². The predicted molar refractivity (Wildman–Crippen MR) is 70.4 cm³/mol. The lowest BCUT2D eigenvalue weighted by atomic mass is 10.1. The molecular weight excluding hydrogens is 236 g/mol. The first kappa shape index (κ1) is 13.6. The first-order valence-corrected chi connectivity index (χ1v) is 6.52. The van der Waals surface area contributed by atoms with Crippen LogP contribution in [0.2, 0.25) is 0 Å². The summed E-state index contributed by atoms with van der Waals surface area (Å²) in [5.41, 5.74) is 0.897. The van der Waals surface area contributed by atoms with E-state index in [4.69, 9.17) is 9.84 Å². The molecule has 4 heteroatoms. The summed E-state index contributed by atoms with van der Waals surface area (Å²) in [6.45, 7) is 3.64. The van der Waals surface area contributed by atoms with Crippen LogP contribution in [0.1, 0.15) is 18.1 Å². The lowest BCUT2D eigenvalue weighted by molar-refractivity contribution is 0.0501. The smallest absolute Gasteiger partial charge is 0.450 e. The zero-order valence-corrected chi connectivity index (χ0v) is 10.4. The van der Waals surface area contributed by atoms with Crippen LogP contribution in [-0.2, 0) is 4.74 Å². The molecule has 1 aromatic carbocycles. The molecule has 0 bridgehead atoms. The predicted octanol–water partition coefficient (Wildman–Crippen LogP) is 3.73. The minimum absolute atomic E-state index is 0.383. The molecule has 0 amide bonds. The highest BCUT2D eigenvalue weighted by Gasteiger charge is 2.15. The van der Waals surface area contributed by atoms with Gasteiger partial charge in [-0.2, -0.15) is 11.8 Å². The zero-order valence-electron chi connectivity index (χ0n) is 9.54. The molecule has 1 atom stereocenters. The van der Waals surface area contributed by atoms with Crippen LogP contribution in [0.4, 0.5) is 4.79 Å². The van der Waals surface area contributed by atoms with E-state index in [1.807, 2.05) is 36.4 Å². The third-order valence-corrected chi connectivity index (χ3v) is 3.17. The van der Waals surface area contributed by atoms with E-state index >= 15 is 0 Å². The number of hydrogen-bond donors (Lipinski definition) is 1. The summed E-state index contributed by atoms with van der Waals surface area (Å²) in [7, 11) is 0. The number of benzene rings is 1. The Bertz CT molecular complexity index is 351. The summed E-state index contributed by atoms with van der Waals surface area (Å²) in [6.07, 6.45) is 0.897. The van der Waals surface area contributed by atoms with Gasteiger partial charge in [0, 0.05) is 5.75 Å². The summed E-state index contributed by atoms with van der Waals surface area (Å²) in [4.78, 5) is 10.6. The van der Waals surface area contributed by atoms with E-state index in [0.717, 1.165) is 17.1 Å². The largest absolute Gasteiger partial charge is 0.506 e. The lowest BCUT2D eigenvalue weighted by Crippen LogP contribution is -2.10. The van der Waals surface area contributed by atoms with E-state index < -0.39 is 6.16 Å². The molecule has 0 saturated heterocycles. The van der Waals surface area contributed by atoms with Crippen LogP contribution < -0.4 is 0 Å². The van der Waals surface area contributed by atoms with Crippen LogP contribution in [0.5, 0.6) is 0 Å². The highest BCUT2D eigenvalue weighted by molar-refractivity contribution is 7.99. The van der Waals surface area contributed by atoms with Crippen molar-refractivity contribution >= 4 is 17.9 Å². The Hall–Kier alpha value is -1.42. The summed E-state index contributed by atoms with van der Waals surface area (Å²) in [6, 6.07) is 9.42. The van der Waals surface area contributed by atoms with Gasteiger partial charge in [0.05, 0.1) is 0 Å². The number of hydrogen-bond acceptors (Lipinski definition) is 3. The average Bonchev–Trinajstić information content (AvgIpc) is 2.34. The average molecular weight is 252 g/mol. The topological polar surface area (TPSA) is 46.5 Å². The maximum Gasteiger partial charge on any atom is 0.506 e. The molecule has 0 aromatic heterocycles. The molecule has 0 radical (unpaired) electrons. The van der Waals surface area contributed by atoms with Crippen LogP contribution in [0, 0.1) is 0 Å². The fraction of sp³-hybridized carbons (Fsp3) is 0.308. The molecule has 1 rings (SSSR count).